The van der Waals surface area contributed by atoms with Crippen molar-refractivity contribution in [3.63, 3.8) is 0 Å². The molecule has 0 aliphatic heterocycles. The van der Waals surface area contributed by atoms with Crippen molar-refractivity contribution in [3.8, 4) is 0 Å². The molecule has 0 unspecified atom stereocenters. The van der Waals surface area contributed by atoms with E-state index >= 15 is 0 Å². The van der Waals surface area contributed by atoms with Gasteiger partial charge in [-0.05, 0) is 32.8 Å². The second-order valence-corrected chi connectivity index (χ2v) is 6.35. The van der Waals surface area contributed by atoms with Crippen molar-refractivity contribution >= 4 is 0 Å². The zero-order valence-electron chi connectivity index (χ0n) is 15.0. The van der Waals surface area contributed by atoms with Crippen LogP contribution in [-0.4, -0.2) is 30.7 Å². The molecule has 0 N–H and O–H groups in total. The molecule has 0 amide bonds. The molecule has 0 saturated heterocycles. The summed E-state index contributed by atoms with van der Waals surface area (Å²) in [7, 11) is 0. The molecule has 0 fully saturated rings. The first-order chi connectivity index (χ1) is 9.74. The Hall–Kier alpha value is 0.180. The van der Waals surface area contributed by atoms with Crippen LogP contribution in [0.15, 0.2) is 12.7 Å². The minimum atomic E-state index is 0. The number of unbranched alkanes of at least 4 members (excludes halogenated alkanes) is 9. The molecular formula is C19H40BrN. The van der Waals surface area contributed by atoms with Crippen LogP contribution < -0.4 is 17.0 Å². The van der Waals surface area contributed by atoms with Gasteiger partial charge in [-0.1, -0.05) is 64.9 Å². The van der Waals surface area contributed by atoms with E-state index in [1.165, 1.54) is 88.3 Å². The van der Waals surface area contributed by atoms with Crippen LogP contribution in [0.3, 0.4) is 0 Å². The summed E-state index contributed by atoms with van der Waals surface area (Å²) < 4.78 is 1.24. The molecule has 0 aromatic heterocycles. The van der Waals surface area contributed by atoms with Gasteiger partial charge in [0.05, 0.1) is 26.2 Å². The van der Waals surface area contributed by atoms with Gasteiger partial charge >= 0.3 is 0 Å². The molecular weight excluding hydrogens is 322 g/mol. The first-order valence-corrected chi connectivity index (χ1v) is 9.20. The van der Waals surface area contributed by atoms with Gasteiger partial charge in [0, 0.05) is 0 Å². The summed E-state index contributed by atoms with van der Waals surface area (Å²) in [5, 5.41) is 0. The van der Waals surface area contributed by atoms with Crippen LogP contribution in [-0.2, 0) is 0 Å². The van der Waals surface area contributed by atoms with E-state index < -0.39 is 0 Å². The molecule has 0 heterocycles. The number of hydrogen-bond acceptors (Lipinski definition) is 0. The van der Waals surface area contributed by atoms with Crippen LogP contribution in [0.1, 0.15) is 85.0 Å². The summed E-state index contributed by atoms with van der Waals surface area (Å²) in [5.41, 5.74) is 0. The molecule has 0 atom stereocenters. The summed E-state index contributed by atoms with van der Waals surface area (Å²) >= 11 is 0. The van der Waals surface area contributed by atoms with E-state index in [4.69, 9.17) is 0 Å². The molecule has 0 bridgehead atoms. The predicted octanol–water partition coefficient (Wildman–Crippen LogP) is 2.95. The van der Waals surface area contributed by atoms with Gasteiger partial charge in [0.2, 0.25) is 0 Å². The topological polar surface area (TPSA) is 0 Å². The third-order valence-electron chi connectivity index (χ3n) is 4.84. The van der Waals surface area contributed by atoms with Gasteiger partial charge in [-0.15, -0.1) is 0 Å². The van der Waals surface area contributed by atoms with Crippen molar-refractivity contribution in [3.05, 3.63) is 12.7 Å². The fraction of sp³-hybridized carbons (Fsp3) is 0.895. The quantitative estimate of drug-likeness (QED) is 0.239. The van der Waals surface area contributed by atoms with Gasteiger partial charge in [0.25, 0.3) is 0 Å². The zero-order chi connectivity index (χ0) is 15.1. The van der Waals surface area contributed by atoms with Crippen LogP contribution in [0.25, 0.3) is 0 Å². The average molecular weight is 362 g/mol. The number of likely N-dealkylation sites (N-methyl/N-ethyl adjacent to an activating group) is 1. The van der Waals surface area contributed by atoms with E-state index in [1.807, 2.05) is 0 Å². The highest BCUT2D eigenvalue weighted by Crippen LogP contribution is 2.13. The van der Waals surface area contributed by atoms with Crippen LogP contribution in [0.4, 0.5) is 0 Å². The Labute approximate surface area is 145 Å². The van der Waals surface area contributed by atoms with Crippen molar-refractivity contribution in [1.29, 1.82) is 0 Å². The molecule has 1 nitrogen and oxygen atoms in total. The molecule has 0 radical (unpaired) electrons. The van der Waals surface area contributed by atoms with E-state index in [9.17, 15) is 0 Å². The molecule has 0 aliphatic rings. The molecule has 0 aromatic carbocycles. The van der Waals surface area contributed by atoms with Crippen molar-refractivity contribution < 1.29 is 21.5 Å². The third kappa shape index (κ3) is 12.4. The molecule has 0 spiro atoms. The first-order valence-electron chi connectivity index (χ1n) is 9.20. The monoisotopic (exact) mass is 361 g/mol. The highest BCUT2D eigenvalue weighted by Gasteiger charge is 2.20. The number of nitrogens with zero attached hydrogens (tertiary/aromatic N) is 1. The Balaban J connectivity index is 0. The van der Waals surface area contributed by atoms with Crippen LogP contribution in [0, 0.1) is 0 Å². The Morgan fingerprint density at radius 3 is 1.52 bits per heavy atom. The number of halogens is 1. The minimum absolute atomic E-state index is 0. The van der Waals surface area contributed by atoms with Gasteiger partial charge in [0.1, 0.15) is 0 Å². The normalized spacial score (nSPS) is 11.2. The fourth-order valence-electron chi connectivity index (χ4n) is 3.10. The number of rotatable bonds is 15. The van der Waals surface area contributed by atoms with Crippen LogP contribution in [0.2, 0.25) is 0 Å². The van der Waals surface area contributed by atoms with Crippen LogP contribution >= 0.6 is 0 Å². The molecule has 21 heavy (non-hydrogen) atoms. The number of quaternary nitrogens is 1. The maximum Gasteiger partial charge on any atom is 0.0970 e. The lowest BCUT2D eigenvalue weighted by Crippen LogP contribution is -3.00. The van der Waals surface area contributed by atoms with Crippen molar-refractivity contribution in [1.82, 2.24) is 0 Å². The molecule has 0 aliphatic carbocycles. The summed E-state index contributed by atoms with van der Waals surface area (Å²) in [6.45, 7) is 15.8. The first kappa shape index (κ1) is 23.4. The highest BCUT2D eigenvalue weighted by atomic mass is 79.9. The van der Waals surface area contributed by atoms with Crippen LogP contribution in [0.5, 0.6) is 0 Å². The Kier molecular flexibility index (Phi) is 18.5. The van der Waals surface area contributed by atoms with E-state index in [-0.39, 0.29) is 17.0 Å². The minimum Gasteiger partial charge on any atom is -1.00 e. The fourth-order valence-corrected chi connectivity index (χ4v) is 3.10. The lowest BCUT2D eigenvalue weighted by Gasteiger charge is -2.36. The smallest absolute Gasteiger partial charge is 0.0970 e. The number of hydrogen-bond donors (Lipinski definition) is 0. The van der Waals surface area contributed by atoms with Crippen molar-refractivity contribution in [2.75, 3.05) is 26.2 Å². The molecule has 0 saturated carbocycles. The predicted molar refractivity (Wildman–Crippen MR) is 93.1 cm³/mol. The Morgan fingerprint density at radius 2 is 1.14 bits per heavy atom. The summed E-state index contributed by atoms with van der Waals surface area (Å²) in [6, 6.07) is 0. The second-order valence-electron chi connectivity index (χ2n) is 6.35. The van der Waals surface area contributed by atoms with Gasteiger partial charge < -0.3 is 21.5 Å². The Morgan fingerprint density at radius 1 is 0.714 bits per heavy atom. The molecule has 2 heteroatoms. The average Bonchev–Trinajstić information content (AvgIpc) is 2.48. The standard InChI is InChI=1S/C19H40N.BrH/c1-5-9-10-11-12-13-14-15-16-17-19-20(7-3,8-4)18-6-2;/h6H,2,5,7-19H2,1,3-4H3;1H/q+1;/p-1. The van der Waals surface area contributed by atoms with Gasteiger partial charge in [-0.2, -0.15) is 0 Å². The molecule has 0 aromatic rings. The van der Waals surface area contributed by atoms with E-state index in [0.717, 1.165) is 6.54 Å². The SMILES string of the molecule is C=CC[N+](CC)(CC)CCCCCCCCCCCC.[Br-]. The summed E-state index contributed by atoms with van der Waals surface area (Å²) in [5.74, 6) is 0. The maximum absolute atomic E-state index is 3.93. The lowest BCUT2D eigenvalue weighted by atomic mass is 10.1. The highest BCUT2D eigenvalue weighted by molar-refractivity contribution is 4.65. The summed E-state index contributed by atoms with van der Waals surface area (Å²) in [4.78, 5) is 0. The van der Waals surface area contributed by atoms with Gasteiger partial charge in [0.15, 0.2) is 0 Å². The van der Waals surface area contributed by atoms with E-state index in [2.05, 4.69) is 33.4 Å². The van der Waals surface area contributed by atoms with Crippen molar-refractivity contribution in [2.24, 2.45) is 0 Å². The largest absolute Gasteiger partial charge is 1.00 e. The van der Waals surface area contributed by atoms with E-state index in [1.54, 1.807) is 0 Å². The third-order valence-corrected chi connectivity index (χ3v) is 4.84. The van der Waals surface area contributed by atoms with E-state index in [0.29, 0.717) is 0 Å². The van der Waals surface area contributed by atoms with Crippen molar-refractivity contribution in [2.45, 2.75) is 85.0 Å². The molecule has 128 valence electrons. The van der Waals surface area contributed by atoms with Gasteiger partial charge in [-0.25, -0.2) is 0 Å². The second kappa shape index (κ2) is 16.5. The maximum atomic E-state index is 3.93. The summed E-state index contributed by atoms with van der Waals surface area (Å²) in [6.07, 6.45) is 16.4. The Bertz CT molecular complexity index is 212. The van der Waals surface area contributed by atoms with Gasteiger partial charge in [-0.3, -0.25) is 0 Å². The zero-order valence-corrected chi connectivity index (χ0v) is 16.6. The lowest BCUT2D eigenvalue weighted by molar-refractivity contribution is -0.919. The molecule has 0 rings (SSSR count).